The van der Waals surface area contributed by atoms with Crippen molar-refractivity contribution in [2.45, 2.75) is 43.5 Å². The van der Waals surface area contributed by atoms with Gasteiger partial charge in [-0.2, -0.15) is 4.31 Å². The van der Waals surface area contributed by atoms with Crippen molar-refractivity contribution in [3.05, 3.63) is 27.7 Å². The van der Waals surface area contributed by atoms with E-state index in [1.165, 1.54) is 16.4 Å². The molecule has 2 heterocycles. The number of hydrogen-bond donors (Lipinski definition) is 0. The highest BCUT2D eigenvalue weighted by Crippen LogP contribution is 2.33. The van der Waals surface area contributed by atoms with Gasteiger partial charge in [0, 0.05) is 25.7 Å². The van der Waals surface area contributed by atoms with Crippen LogP contribution in [0.2, 0.25) is 10.0 Å². The van der Waals surface area contributed by atoms with E-state index < -0.39 is 10.0 Å². The summed E-state index contributed by atoms with van der Waals surface area (Å²) in [5.41, 5.74) is 0.188. The maximum atomic E-state index is 13.1. The highest BCUT2D eigenvalue weighted by atomic mass is 35.5. The standard InChI is InChI=1S/C18H24Cl2N2O4S/c1-2-13-5-3-4-6-22(13)18(23)14-11-17(16(20)12-15(14)19)27(24,25)21-7-9-26-10-8-21/h11-13H,2-10H2,1H3. The van der Waals surface area contributed by atoms with E-state index >= 15 is 0 Å². The van der Waals surface area contributed by atoms with Gasteiger partial charge >= 0.3 is 0 Å². The Labute approximate surface area is 170 Å². The molecular formula is C18H24Cl2N2O4S. The van der Waals surface area contributed by atoms with Crippen LogP contribution >= 0.6 is 23.2 Å². The maximum absolute atomic E-state index is 13.1. The second-order valence-electron chi connectivity index (χ2n) is 6.84. The number of rotatable bonds is 4. The van der Waals surface area contributed by atoms with Crippen molar-refractivity contribution in [1.29, 1.82) is 0 Å². The van der Waals surface area contributed by atoms with Gasteiger partial charge in [0.25, 0.3) is 5.91 Å². The van der Waals surface area contributed by atoms with Gasteiger partial charge in [-0.3, -0.25) is 4.79 Å². The Morgan fingerprint density at radius 2 is 1.85 bits per heavy atom. The van der Waals surface area contributed by atoms with Crippen LogP contribution in [0.5, 0.6) is 0 Å². The van der Waals surface area contributed by atoms with Gasteiger partial charge in [0.05, 0.1) is 28.8 Å². The highest BCUT2D eigenvalue weighted by Gasteiger charge is 2.32. The molecule has 0 saturated carbocycles. The predicted octanol–water partition coefficient (Wildman–Crippen LogP) is 3.42. The van der Waals surface area contributed by atoms with Gasteiger partial charge in [-0.25, -0.2) is 8.42 Å². The summed E-state index contributed by atoms with van der Waals surface area (Å²) in [6, 6.07) is 2.84. The number of nitrogens with zero attached hydrogens (tertiary/aromatic N) is 2. The summed E-state index contributed by atoms with van der Waals surface area (Å²) in [5.74, 6) is -0.235. The van der Waals surface area contributed by atoms with E-state index in [-0.39, 0.29) is 45.5 Å². The zero-order valence-corrected chi connectivity index (χ0v) is 17.6. The van der Waals surface area contributed by atoms with Crippen LogP contribution < -0.4 is 0 Å². The lowest BCUT2D eigenvalue weighted by atomic mass is 9.99. The molecule has 2 fully saturated rings. The van der Waals surface area contributed by atoms with Crippen molar-refractivity contribution in [1.82, 2.24) is 9.21 Å². The molecular weight excluding hydrogens is 411 g/mol. The Morgan fingerprint density at radius 3 is 2.52 bits per heavy atom. The molecule has 0 N–H and O–H groups in total. The third-order valence-corrected chi connectivity index (χ3v) is 7.88. The summed E-state index contributed by atoms with van der Waals surface area (Å²) in [7, 11) is -3.82. The number of carbonyl (C=O) groups is 1. The summed E-state index contributed by atoms with van der Waals surface area (Å²) in [4.78, 5) is 14.9. The third kappa shape index (κ3) is 4.27. The summed E-state index contributed by atoms with van der Waals surface area (Å²) < 4.78 is 32.6. The van der Waals surface area contributed by atoms with E-state index in [1.807, 2.05) is 11.8 Å². The van der Waals surface area contributed by atoms with E-state index in [1.54, 1.807) is 0 Å². The zero-order chi connectivity index (χ0) is 19.6. The molecule has 2 aliphatic rings. The minimum absolute atomic E-state index is 0.0220. The van der Waals surface area contributed by atoms with Crippen molar-refractivity contribution in [2.75, 3.05) is 32.8 Å². The van der Waals surface area contributed by atoms with Crippen LogP contribution in [0.15, 0.2) is 17.0 Å². The summed E-state index contributed by atoms with van der Waals surface area (Å²) in [5, 5.41) is 0.195. The number of hydrogen-bond acceptors (Lipinski definition) is 4. The van der Waals surface area contributed by atoms with Crippen molar-refractivity contribution in [2.24, 2.45) is 0 Å². The third-order valence-electron chi connectivity index (χ3n) is 5.20. The zero-order valence-electron chi connectivity index (χ0n) is 15.3. The molecule has 2 aliphatic heterocycles. The maximum Gasteiger partial charge on any atom is 0.255 e. The molecule has 1 amide bonds. The summed E-state index contributed by atoms with van der Waals surface area (Å²) in [6.07, 6.45) is 3.84. The fourth-order valence-electron chi connectivity index (χ4n) is 3.66. The lowest BCUT2D eigenvalue weighted by Gasteiger charge is -2.35. The number of morpholine rings is 1. The van der Waals surface area contributed by atoms with Gasteiger partial charge in [0.15, 0.2) is 0 Å². The van der Waals surface area contributed by atoms with Crippen LogP contribution in [0, 0.1) is 0 Å². The fourth-order valence-corrected chi connectivity index (χ4v) is 5.90. The number of likely N-dealkylation sites (tertiary alicyclic amines) is 1. The molecule has 0 spiro atoms. The van der Waals surface area contributed by atoms with Crippen LogP contribution in [-0.4, -0.2) is 62.4 Å². The Balaban J connectivity index is 1.97. The SMILES string of the molecule is CCC1CCCCN1C(=O)c1cc(S(=O)(=O)N2CCOCC2)c(Cl)cc1Cl. The number of halogens is 2. The quantitative estimate of drug-likeness (QED) is 0.727. The number of benzene rings is 1. The molecule has 0 aromatic heterocycles. The Morgan fingerprint density at radius 1 is 1.15 bits per heavy atom. The molecule has 0 bridgehead atoms. The van der Waals surface area contributed by atoms with Crippen molar-refractivity contribution in [3.8, 4) is 0 Å². The molecule has 9 heteroatoms. The van der Waals surface area contributed by atoms with E-state index in [0.717, 1.165) is 25.7 Å². The number of ether oxygens (including phenoxy) is 1. The molecule has 3 rings (SSSR count). The van der Waals surface area contributed by atoms with E-state index in [9.17, 15) is 13.2 Å². The van der Waals surface area contributed by atoms with Gasteiger partial charge in [-0.1, -0.05) is 30.1 Å². The molecule has 0 aliphatic carbocycles. The number of amides is 1. The normalized spacial score (nSPS) is 22.0. The monoisotopic (exact) mass is 434 g/mol. The average Bonchev–Trinajstić information content (AvgIpc) is 2.68. The van der Waals surface area contributed by atoms with Crippen LogP contribution in [0.4, 0.5) is 0 Å². The molecule has 1 unspecified atom stereocenters. The second kappa shape index (κ2) is 8.66. The smallest absolute Gasteiger partial charge is 0.255 e. The Bertz CT molecular complexity index is 810. The van der Waals surface area contributed by atoms with Crippen molar-refractivity contribution < 1.29 is 17.9 Å². The minimum atomic E-state index is -3.82. The second-order valence-corrected chi connectivity index (χ2v) is 9.56. The first-order valence-electron chi connectivity index (χ1n) is 9.24. The number of sulfonamides is 1. The number of piperidine rings is 1. The topological polar surface area (TPSA) is 66.9 Å². The van der Waals surface area contributed by atoms with Crippen LogP contribution in [0.3, 0.4) is 0 Å². The lowest BCUT2D eigenvalue weighted by Crippen LogP contribution is -2.43. The van der Waals surface area contributed by atoms with Crippen LogP contribution in [0.1, 0.15) is 43.0 Å². The first-order chi connectivity index (χ1) is 12.9. The van der Waals surface area contributed by atoms with Crippen molar-refractivity contribution in [3.63, 3.8) is 0 Å². The molecule has 1 aromatic rings. The van der Waals surface area contributed by atoms with E-state index in [2.05, 4.69) is 0 Å². The van der Waals surface area contributed by atoms with Gasteiger partial charge in [-0.15, -0.1) is 0 Å². The molecule has 1 aromatic carbocycles. The fraction of sp³-hybridized carbons (Fsp3) is 0.611. The molecule has 6 nitrogen and oxygen atoms in total. The molecule has 2 saturated heterocycles. The Kier molecular flexibility index (Phi) is 6.69. The van der Waals surface area contributed by atoms with Gasteiger partial charge in [0.2, 0.25) is 10.0 Å². The minimum Gasteiger partial charge on any atom is -0.379 e. The van der Waals surface area contributed by atoms with Crippen LogP contribution in [-0.2, 0) is 14.8 Å². The summed E-state index contributed by atoms with van der Waals surface area (Å²) in [6.45, 7) is 3.89. The van der Waals surface area contributed by atoms with Crippen LogP contribution in [0.25, 0.3) is 0 Å². The largest absolute Gasteiger partial charge is 0.379 e. The Hall–Kier alpha value is -0.860. The summed E-state index contributed by atoms with van der Waals surface area (Å²) >= 11 is 12.5. The van der Waals surface area contributed by atoms with E-state index in [0.29, 0.717) is 19.8 Å². The predicted molar refractivity (Wildman–Crippen MR) is 105 cm³/mol. The lowest BCUT2D eigenvalue weighted by molar-refractivity contribution is 0.0608. The first-order valence-corrected chi connectivity index (χ1v) is 11.4. The molecule has 150 valence electrons. The molecule has 27 heavy (non-hydrogen) atoms. The van der Waals surface area contributed by atoms with E-state index in [4.69, 9.17) is 27.9 Å². The van der Waals surface area contributed by atoms with Crippen molar-refractivity contribution >= 4 is 39.1 Å². The number of carbonyl (C=O) groups excluding carboxylic acids is 1. The highest BCUT2D eigenvalue weighted by molar-refractivity contribution is 7.89. The first kappa shape index (κ1) is 20.9. The average molecular weight is 435 g/mol. The van der Waals surface area contributed by atoms with Gasteiger partial charge in [0.1, 0.15) is 4.90 Å². The van der Waals surface area contributed by atoms with Gasteiger partial charge in [-0.05, 0) is 37.8 Å². The molecule has 1 atom stereocenters. The molecule has 0 radical (unpaired) electrons. The van der Waals surface area contributed by atoms with Gasteiger partial charge < -0.3 is 9.64 Å².